The molecule has 1 aromatic carbocycles. The molecule has 0 amide bonds. The Morgan fingerprint density at radius 2 is 2.20 bits per heavy atom. The average molecular weight is 237 g/mol. The minimum absolute atomic E-state index is 0. The van der Waals surface area contributed by atoms with Gasteiger partial charge in [0, 0.05) is 6.54 Å². The molecule has 0 saturated heterocycles. The lowest BCUT2D eigenvalue weighted by Crippen LogP contribution is -2.11. The number of nitrogens with zero attached hydrogens (tertiary/aromatic N) is 1. The third kappa shape index (κ3) is 3.34. The van der Waals surface area contributed by atoms with Crippen molar-refractivity contribution in [3.63, 3.8) is 0 Å². The molecular formula is C8H10ClFN2O3. The number of nitrogens with two attached hydrogens (primary N) is 1. The van der Waals surface area contributed by atoms with Crippen molar-refractivity contribution in [2.24, 2.45) is 5.73 Å². The van der Waals surface area contributed by atoms with Gasteiger partial charge in [0.25, 0.3) is 0 Å². The van der Waals surface area contributed by atoms with Crippen LogP contribution in [0.25, 0.3) is 0 Å². The van der Waals surface area contributed by atoms with Crippen molar-refractivity contribution in [1.29, 1.82) is 0 Å². The van der Waals surface area contributed by atoms with Crippen LogP contribution < -0.4 is 10.5 Å². The maximum atomic E-state index is 13.0. The van der Waals surface area contributed by atoms with Crippen LogP contribution in [0.15, 0.2) is 18.2 Å². The van der Waals surface area contributed by atoms with Crippen molar-refractivity contribution in [2.75, 3.05) is 13.2 Å². The van der Waals surface area contributed by atoms with Gasteiger partial charge in [-0.15, -0.1) is 12.4 Å². The third-order valence-corrected chi connectivity index (χ3v) is 1.51. The highest BCUT2D eigenvalue weighted by atomic mass is 35.5. The summed E-state index contributed by atoms with van der Waals surface area (Å²) in [6.45, 7) is 0.331. The number of para-hydroxylation sites is 1. The van der Waals surface area contributed by atoms with Gasteiger partial charge in [0.2, 0.25) is 5.82 Å². The Bertz CT molecular complexity index is 349. The van der Waals surface area contributed by atoms with Crippen LogP contribution in [0.1, 0.15) is 0 Å². The van der Waals surface area contributed by atoms with E-state index in [0.717, 1.165) is 6.07 Å². The molecule has 84 valence electrons. The molecule has 0 unspecified atom stereocenters. The van der Waals surface area contributed by atoms with Crippen LogP contribution in [-0.2, 0) is 0 Å². The van der Waals surface area contributed by atoms with E-state index in [2.05, 4.69) is 0 Å². The molecule has 5 nitrogen and oxygen atoms in total. The normalized spacial score (nSPS) is 9.20. The number of hydrogen-bond acceptors (Lipinski definition) is 4. The minimum Gasteiger partial charge on any atom is -0.485 e. The smallest absolute Gasteiger partial charge is 0.346 e. The standard InChI is InChI=1S/C8H9FN2O3.ClH/c9-6-2-1-3-7(14-5-4-10)8(6)11(12)13;/h1-3H,4-5,10H2;1H. The molecule has 1 aromatic rings. The van der Waals surface area contributed by atoms with Crippen molar-refractivity contribution < 1.29 is 14.1 Å². The molecule has 2 N–H and O–H groups in total. The van der Waals surface area contributed by atoms with Crippen LogP contribution in [0.5, 0.6) is 5.75 Å². The molecule has 0 aliphatic rings. The fraction of sp³-hybridized carbons (Fsp3) is 0.250. The first-order chi connectivity index (χ1) is 6.66. The molecule has 7 heteroatoms. The van der Waals surface area contributed by atoms with E-state index in [1.807, 2.05) is 0 Å². The lowest BCUT2D eigenvalue weighted by atomic mass is 10.3. The Balaban J connectivity index is 0.00000196. The van der Waals surface area contributed by atoms with Crippen molar-refractivity contribution >= 4 is 18.1 Å². The Morgan fingerprint density at radius 3 is 2.73 bits per heavy atom. The van der Waals surface area contributed by atoms with Gasteiger partial charge in [-0.1, -0.05) is 6.07 Å². The summed E-state index contributed by atoms with van der Waals surface area (Å²) in [7, 11) is 0. The maximum Gasteiger partial charge on any atom is 0.346 e. The minimum atomic E-state index is -0.912. The van der Waals surface area contributed by atoms with Gasteiger partial charge in [-0.3, -0.25) is 10.1 Å². The molecule has 0 heterocycles. The van der Waals surface area contributed by atoms with E-state index in [1.165, 1.54) is 12.1 Å². The van der Waals surface area contributed by atoms with E-state index >= 15 is 0 Å². The van der Waals surface area contributed by atoms with Gasteiger partial charge < -0.3 is 10.5 Å². The van der Waals surface area contributed by atoms with Crippen molar-refractivity contribution in [3.8, 4) is 5.75 Å². The lowest BCUT2D eigenvalue weighted by Gasteiger charge is -2.04. The Labute approximate surface area is 91.6 Å². The third-order valence-electron chi connectivity index (χ3n) is 1.51. The van der Waals surface area contributed by atoms with Gasteiger partial charge in [-0.25, -0.2) is 0 Å². The fourth-order valence-corrected chi connectivity index (χ4v) is 0.958. The second-order valence-corrected chi connectivity index (χ2v) is 2.48. The first-order valence-electron chi connectivity index (χ1n) is 3.92. The van der Waals surface area contributed by atoms with Crippen molar-refractivity contribution in [3.05, 3.63) is 34.1 Å². The number of nitro groups is 1. The van der Waals surface area contributed by atoms with Crippen LogP contribution in [0.4, 0.5) is 10.1 Å². The fourth-order valence-electron chi connectivity index (χ4n) is 0.958. The summed E-state index contributed by atoms with van der Waals surface area (Å²) in [5.74, 6) is -1.01. The molecule has 0 aliphatic heterocycles. The van der Waals surface area contributed by atoms with Crippen LogP contribution in [0.2, 0.25) is 0 Å². The number of benzene rings is 1. The topological polar surface area (TPSA) is 78.4 Å². The molecule has 0 bridgehead atoms. The Morgan fingerprint density at radius 1 is 1.53 bits per heavy atom. The molecule has 0 aromatic heterocycles. The average Bonchev–Trinajstić information content (AvgIpc) is 2.14. The Kier molecular flexibility index (Phi) is 5.58. The SMILES string of the molecule is Cl.NCCOc1cccc(F)c1[N+](=O)[O-]. The van der Waals surface area contributed by atoms with E-state index < -0.39 is 16.4 Å². The van der Waals surface area contributed by atoms with Crippen LogP contribution in [0, 0.1) is 15.9 Å². The van der Waals surface area contributed by atoms with E-state index in [1.54, 1.807) is 0 Å². The predicted molar refractivity (Wildman–Crippen MR) is 54.9 cm³/mol. The van der Waals surface area contributed by atoms with Gasteiger partial charge >= 0.3 is 5.69 Å². The molecular weight excluding hydrogens is 227 g/mol. The van der Waals surface area contributed by atoms with Gasteiger partial charge in [0.05, 0.1) is 4.92 Å². The summed E-state index contributed by atoms with van der Waals surface area (Å²) in [6, 6.07) is 3.68. The summed E-state index contributed by atoms with van der Waals surface area (Å²) in [5, 5.41) is 10.5. The first-order valence-corrected chi connectivity index (χ1v) is 3.92. The zero-order valence-corrected chi connectivity index (χ0v) is 8.50. The molecule has 0 radical (unpaired) electrons. The zero-order valence-electron chi connectivity index (χ0n) is 7.68. The number of halogens is 2. The maximum absolute atomic E-state index is 13.0. The number of hydrogen-bond donors (Lipinski definition) is 1. The van der Waals surface area contributed by atoms with Gasteiger partial charge in [0.15, 0.2) is 5.75 Å². The zero-order chi connectivity index (χ0) is 10.6. The van der Waals surface area contributed by atoms with Gasteiger partial charge in [-0.2, -0.15) is 4.39 Å². The Hall–Kier alpha value is -1.40. The first kappa shape index (κ1) is 13.6. The van der Waals surface area contributed by atoms with E-state index in [-0.39, 0.29) is 31.3 Å². The highest BCUT2D eigenvalue weighted by Gasteiger charge is 2.20. The quantitative estimate of drug-likeness (QED) is 0.635. The van der Waals surface area contributed by atoms with E-state index in [9.17, 15) is 14.5 Å². The molecule has 0 fully saturated rings. The predicted octanol–water partition coefficient (Wildman–Crippen LogP) is 1.49. The summed E-state index contributed by atoms with van der Waals surface area (Å²) in [6.07, 6.45) is 0. The van der Waals surface area contributed by atoms with Gasteiger partial charge in [0.1, 0.15) is 6.61 Å². The highest BCUT2D eigenvalue weighted by molar-refractivity contribution is 5.85. The summed E-state index contributed by atoms with van der Waals surface area (Å²) < 4.78 is 17.9. The molecule has 0 spiro atoms. The molecule has 1 rings (SSSR count). The summed E-state index contributed by atoms with van der Waals surface area (Å²) >= 11 is 0. The summed E-state index contributed by atoms with van der Waals surface area (Å²) in [4.78, 5) is 9.64. The van der Waals surface area contributed by atoms with E-state index in [0.29, 0.717) is 0 Å². The molecule has 0 saturated carbocycles. The molecule has 0 atom stereocenters. The van der Waals surface area contributed by atoms with Crippen LogP contribution in [-0.4, -0.2) is 18.1 Å². The molecule has 0 aliphatic carbocycles. The van der Waals surface area contributed by atoms with Crippen molar-refractivity contribution in [1.82, 2.24) is 0 Å². The van der Waals surface area contributed by atoms with Crippen LogP contribution >= 0.6 is 12.4 Å². The molecule has 15 heavy (non-hydrogen) atoms. The van der Waals surface area contributed by atoms with E-state index in [4.69, 9.17) is 10.5 Å². The van der Waals surface area contributed by atoms with Gasteiger partial charge in [-0.05, 0) is 12.1 Å². The highest BCUT2D eigenvalue weighted by Crippen LogP contribution is 2.29. The number of rotatable bonds is 4. The van der Waals surface area contributed by atoms with Crippen LogP contribution in [0.3, 0.4) is 0 Å². The van der Waals surface area contributed by atoms with Crippen molar-refractivity contribution in [2.45, 2.75) is 0 Å². The monoisotopic (exact) mass is 236 g/mol. The summed E-state index contributed by atoms with van der Waals surface area (Å²) in [5.41, 5.74) is 4.50. The largest absolute Gasteiger partial charge is 0.485 e. The lowest BCUT2D eigenvalue weighted by molar-refractivity contribution is -0.388. The number of ether oxygens (including phenoxy) is 1. The number of nitro benzene ring substituents is 1. The second kappa shape index (κ2) is 6.15. The second-order valence-electron chi connectivity index (χ2n) is 2.48.